The zero-order valence-corrected chi connectivity index (χ0v) is 10.1. The number of phenols is 1. The molecular weight excluding hydrogens is 233 g/mol. The largest absolute Gasteiger partial charge is 0.508 e. The molecule has 1 aromatic rings. The summed E-state index contributed by atoms with van der Waals surface area (Å²) >= 11 is 0. The third-order valence-electron chi connectivity index (χ3n) is 2.04. The Bertz CT molecular complexity index is 369. The topological polar surface area (TPSA) is 40.5 Å². The molecule has 0 spiro atoms. The number of benzene rings is 1. The van der Waals surface area contributed by atoms with Crippen molar-refractivity contribution in [1.29, 1.82) is 0 Å². The van der Waals surface area contributed by atoms with Gasteiger partial charge in [0.1, 0.15) is 11.6 Å². The SMILES string of the molecule is CN(C)CCC(=O)c1ccc(O)cc1F.Cl. The molecule has 1 aromatic carbocycles. The lowest BCUT2D eigenvalue weighted by Gasteiger charge is -2.08. The summed E-state index contributed by atoms with van der Waals surface area (Å²) < 4.78 is 13.2. The van der Waals surface area contributed by atoms with Crippen molar-refractivity contribution in [1.82, 2.24) is 4.90 Å². The first-order chi connectivity index (χ1) is 7.00. The summed E-state index contributed by atoms with van der Waals surface area (Å²) in [6, 6.07) is 3.57. The molecule has 0 unspecified atom stereocenters. The van der Waals surface area contributed by atoms with Crippen LogP contribution in [0.4, 0.5) is 4.39 Å². The summed E-state index contributed by atoms with van der Waals surface area (Å²) in [7, 11) is 3.70. The van der Waals surface area contributed by atoms with Crippen LogP contribution in [0.1, 0.15) is 16.8 Å². The maximum absolute atomic E-state index is 13.2. The number of carbonyl (C=O) groups excluding carboxylic acids is 1. The predicted molar refractivity (Wildman–Crippen MR) is 62.8 cm³/mol. The Morgan fingerprint density at radius 1 is 1.44 bits per heavy atom. The molecule has 0 saturated carbocycles. The first-order valence-corrected chi connectivity index (χ1v) is 4.67. The lowest BCUT2D eigenvalue weighted by molar-refractivity contribution is 0.0968. The van der Waals surface area contributed by atoms with Gasteiger partial charge in [-0.1, -0.05) is 0 Å². The van der Waals surface area contributed by atoms with E-state index in [1.807, 2.05) is 19.0 Å². The molecule has 1 rings (SSSR count). The number of rotatable bonds is 4. The van der Waals surface area contributed by atoms with Crippen molar-refractivity contribution in [2.75, 3.05) is 20.6 Å². The summed E-state index contributed by atoms with van der Waals surface area (Å²) in [5.41, 5.74) is 0.0367. The fourth-order valence-electron chi connectivity index (χ4n) is 1.19. The second-order valence-corrected chi connectivity index (χ2v) is 3.64. The molecule has 0 radical (unpaired) electrons. The van der Waals surface area contributed by atoms with Gasteiger partial charge in [-0.25, -0.2) is 4.39 Å². The first kappa shape index (κ1) is 14.9. The quantitative estimate of drug-likeness (QED) is 0.829. The number of phenolic OH excluding ortho intramolecular Hbond substituents is 1. The van der Waals surface area contributed by atoms with Gasteiger partial charge in [-0.05, 0) is 26.2 Å². The molecular formula is C11H15ClFNO2. The van der Waals surface area contributed by atoms with E-state index < -0.39 is 5.82 Å². The van der Waals surface area contributed by atoms with E-state index in [0.29, 0.717) is 6.54 Å². The lowest BCUT2D eigenvalue weighted by atomic mass is 10.1. The van der Waals surface area contributed by atoms with Gasteiger partial charge in [-0.3, -0.25) is 4.79 Å². The number of halogens is 2. The van der Waals surface area contributed by atoms with Crippen LogP contribution < -0.4 is 0 Å². The van der Waals surface area contributed by atoms with Gasteiger partial charge < -0.3 is 10.0 Å². The number of nitrogens with zero attached hydrogens (tertiary/aromatic N) is 1. The van der Waals surface area contributed by atoms with Crippen molar-refractivity contribution in [3.63, 3.8) is 0 Å². The second kappa shape index (κ2) is 6.45. The van der Waals surface area contributed by atoms with Gasteiger partial charge in [0.2, 0.25) is 0 Å². The Balaban J connectivity index is 0.00000225. The molecule has 1 N–H and O–H groups in total. The van der Waals surface area contributed by atoms with Crippen LogP contribution in [-0.2, 0) is 0 Å². The minimum atomic E-state index is -0.668. The Morgan fingerprint density at radius 2 is 2.06 bits per heavy atom. The van der Waals surface area contributed by atoms with Gasteiger partial charge in [0.15, 0.2) is 5.78 Å². The third-order valence-corrected chi connectivity index (χ3v) is 2.04. The molecule has 0 aliphatic carbocycles. The molecule has 0 aliphatic rings. The van der Waals surface area contributed by atoms with E-state index >= 15 is 0 Å². The van der Waals surface area contributed by atoms with Crippen LogP contribution >= 0.6 is 12.4 Å². The number of Topliss-reactive ketones (excluding diaryl/α,β-unsaturated/α-hetero) is 1. The summed E-state index contributed by atoms with van der Waals surface area (Å²) in [6.07, 6.45) is 0.273. The van der Waals surface area contributed by atoms with Gasteiger partial charge >= 0.3 is 0 Å². The van der Waals surface area contributed by atoms with Crippen molar-refractivity contribution in [3.05, 3.63) is 29.6 Å². The van der Waals surface area contributed by atoms with Gasteiger partial charge in [0, 0.05) is 19.0 Å². The highest BCUT2D eigenvalue weighted by Crippen LogP contribution is 2.16. The Morgan fingerprint density at radius 3 is 2.56 bits per heavy atom. The van der Waals surface area contributed by atoms with Crippen LogP contribution in [0.5, 0.6) is 5.75 Å². The minimum Gasteiger partial charge on any atom is -0.508 e. The lowest BCUT2D eigenvalue weighted by Crippen LogP contribution is -2.17. The fourth-order valence-corrected chi connectivity index (χ4v) is 1.19. The van der Waals surface area contributed by atoms with Crippen LogP contribution in [-0.4, -0.2) is 36.4 Å². The summed E-state index contributed by atoms with van der Waals surface area (Å²) in [5, 5.41) is 8.98. The van der Waals surface area contributed by atoms with E-state index in [1.54, 1.807) is 0 Å². The van der Waals surface area contributed by atoms with Crippen LogP contribution in [0.25, 0.3) is 0 Å². The first-order valence-electron chi connectivity index (χ1n) is 4.67. The monoisotopic (exact) mass is 247 g/mol. The Hall–Kier alpha value is -1.13. The molecule has 3 nitrogen and oxygen atoms in total. The van der Waals surface area contributed by atoms with Gasteiger partial charge in [0.05, 0.1) is 5.56 Å². The fraction of sp³-hybridized carbons (Fsp3) is 0.364. The highest BCUT2D eigenvalue weighted by molar-refractivity contribution is 5.96. The van der Waals surface area contributed by atoms with Crippen molar-refractivity contribution >= 4 is 18.2 Å². The molecule has 0 bridgehead atoms. The highest BCUT2D eigenvalue weighted by atomic mass is 35.5. The second-order valence-electron chi connectivity index (χ2n) is 3.64. The van der Waals surface area contributed by atoms with Crippen LogP contribution in [0.2, 0.25) is 0 Å². The van der Waals surface area contributed by atoms with Crippen LogP contribution in [0, 0.1) is 5.82 Å². The molecule has 0 aliphatic heterocycles. The highest BCUT2D eigenvalue weighted by Gasteiger charge is 2.11. The molecule has 0 fully saturated rings. The van der Waals surface area contributed by atoms with E-state index in [4.69, 9.17) is 5.11 Å². The number of aromatic hydroxyl groups is 1. The van der Waals surface area contributed by atoms with Crippen molar-refractivity contribution in [2.24, 2.45) is 0 Å². The smallest absolute Gasteiger partial charge is 0.167 e. The van der Waals surface area contributed by atoms with Gasteiger partial charge in [-0.15, -0.1) is 12.4 Å². The van der Waals surface area contributed by atoms with Gasteiger partial charge in [0.25, 0.3) is 0 Å². The van der Waals surface area contributed by atoms with E-state index in [0.717, 1.165) is 6.07 Å². The summed E-state index contributed by atoms with van der Waals surface area (Å²) in [5.74, 6) is -1.09. The van der Waals surface area contributed by atoms with Gasteiger partial charge in [-0.2, -0.15) is 0 Å². The average molecular weight is 248 g/mol. The molecule has 90 valence electrons. The van der Waals surface area contributed by atoms with Crippen LogP contribution in [0.15, 0.2) is 18.2 Å². The zero-order chi connectivity index (χ0) is 11.4. The molecule has 0 saturated heterocycles. The minimum absolute atomic E-state index is 0. The molecule has 0 aromatic heterocycles. The molecule has 0 atom stereocenters. The standard InChI is InChI=1S/C11H14FNO2.ClH/c1-13(2)6-5-11(15)9-4-3-8(14)7-10(9)12;/h3-4,7,14H,5-6H2,1-2H3;1H. The zero-order valence-electron chi connectivity index (χ0n) is 9.24. The summed E-state index contributed by atoms with van der Waals surface area (Å²) in [6.45, 7) is 0.582. The predicted octanol–water partition coefficient (Wildman–Crippen LogP) is 2.09. The van der Waals surface area contributed by atoms with E-state index in [1.165, 1.54) is 12.1 Å². The van der Waals surface area contributed by atoms with E-state index in [9.17, 15) is 9.18 Å². The van der Waals surface area contributed by atoms with Crippen molar-refractivity contribution in [2.45, 2.75) is 6.42 Å². The maximum atomic E-state index is 13.2. The Labute approximate surface area is 100 Å². The van der Waals surface area contributed by atoms with Crippen molar-refractivity contribution < 1.29 is 14.3 Å². The number of hydrogen-bond donors (Lipinski definition) is 1. The number of hydrogen-bond acceptors (Lipinski definition) is 3. The van der Waals surface area contributed by atoms with E-state index in [-0.39, 0.29) is 35.9 Å². The maximum Gasteiger partial charge on any atom is 0.167 e. The third kappa shape index (κ3) is 4.16. The van der Waals surface area contributed by atoms with Crippen molar-refractivity contribution in [3.8, 4) is 5.75 Å². The molecule has 0 heterocycles. The molecule has 0 amide bonds. The molecule has 5 heteroatoms. The van der Waals surface area contributed by atoms with Crippen LogP contribution in [0.3, 0.4) is 0 Å². The number of carbonyl (C=O) groups is 1. The summed E-state index contributed by atoms with van der Waals surface area (Å²) in [4.78, 5) is 13.4. The Kier molecular flexibility index (Phi) is 6.00. The normalized spacial score (nSPS) is 10.0. The van der Waals surface area contributed by atoms with E-state index in [2.05, 4.69) is 0 Å². The number of ketones is 1. The molecule has 16 heavy (non-hydrogen) atoms. The average Bonchev–Trinajstić information content (AvgIpc) is 2.14.